The molecular weight excluding hydrogens is 372 g/mol. The van der Waals surface area contributed by atoms with Gasteiger partial charge < -0.3 is 25.9 Å². The molecule has 10 nitrogen and oxygen atoms in total. The summed E-state index contributed by atoms with van der Waals surface area (Å²) in [5, 5.41) is 19.5. The Morgan fingerprint density at radius 2 is 1.90 bits per heavy atom. The van der Waals surface area contributed by atoms with Crippen molar-refractivity contribution in [2.75, 3.05) is 36.1 Å². The maximum absolute atomic E-state index is 8.82. The van der Waals surface area contributed by atoms with Gasteiger partial charge in [0.05, 0.1) is 6.26 Å². The molecule has 1 aromatic carbocycles. The average molecular weight is 394 g/mol. The minimum absolute atomic E-state index is 0.189. The highest BCUT2D eigenvalue weighted by Crippen LogP contribution is 2.17. The van der Waals surface area contributed by atoms with E-state index in [9.17, 15) is 0 Å². The minimum Gasteiger partial charge on any atom is -0.461 e. The maximum atomic E-state index is 8.82. The summed E-state index contributed by atoms with van der Waals surface area (Å²) in [4.78, 5) is 13.0. The highest BCUT2D eigenvalue weighted by molar-refractivity contribution is 5.52. The van der Waals surface area contributed by atoms with Crippen molar-refractivity contribution in [2.24, 2.45) is 0 Å². The van der Waals surface area contributed by atoms with Crippen molar-refractivity contribution in [3.05, 3.63) is 48.2 Å². The van der Waals surface area contributed by atoms with E-state index in [0.717, 1.165) is 25.1 Å². The molecule has 10 heteroatoms. The van der Waals surface area contributed by atoms with E-state index in [1.54, 1.807) is 18.4 Å². The van der Waals surface area contributed by atoms with Crippen molar-refractivity contribution in [3.8, 4) is 11.6 Å². The third-order valence-electron chi connectivity index (χ3n) is 4.29. The number of hydrogen-bond acceptors (Lipinski definition) is 9. The molecule has 0 aliphatic heterocycles. The van der Waals surface area contributed by atoms with E-state index in [2.05, 4.69) is 42.8 Å². The molecule has 0 bridgehead atoms. The van der Waals surface area contributed by atoms with Crippen molar-refractivity contribution >= 4 is 23.4 Å². The van der Waals surface area contributed by atoms with Crippen LogP contribution in [0, 0.1) is 0 Å². The number of nitrogens with one attached hydrogen (secondary N) is 2. The van der Waals surface area contributed by atoms with Gasteiger partial charge in [-0.3, -0.25) is 0 Å². The first kappa shape index (κ1) is 18.7. The Morgan fingerprint density at radius 3 is 2.66 bits per heavy atom. The number of hydrogen-bond donors (Lipinski definition) is 4. The summed E-state index contributed by atoms with van der Waals surface area (Å²) < 4.78 is 6.69. The van der Waals surface area contributed by atoms with E-state index in [4.69, 9.17) is 15.3 Å². The summed E-state index contributed by atoms with van der Waals surface area (Å²) in [5.74, 6) is 1.89. The Balaban J connectivity index is 1.37. The molecule has 150 valence electrons. The van der Waals surface area contributed by atoms with Crippen LogP contribution in [-0.4, -0.2) is 49.4 Å². The molecule has 0 amide bonds. The molecule has 0 unspecified atom stereocenters. The van der Waals surface area contributed by atoms with Gasteiger partial charge in [-0.15, -0.1) is 5.10 Å². The van der Waals surface area contributed by atoms with Gasteiger partial charge in [-0.1, -0.05) is 12.1 Å². The predicted octanol–water partition coefficient (Wildman–Crippen LogP) is 1.81. The smallest absolute Gasteiger partial charge is 0.259 e. The van der Waals surface area contributed by atoms with Crippen LogP contribution >= 0.6 is 0 Å². The van der Waals surface area contributed by atoms with Crippen molar-refractivity contribution in [3.63, 3.8) is 0 Å². The molecule has 4 aromatic rings. The van der Waals surface area contributed by atoms with E-state index in [0.29, 0.717) is 29.9 Å². The lowest BCUT2D eigenvalue weighted by atomic mass is 10.1. The summed E-state index contributed by atoms with van der Waals surface area (Å²) in [6.07, 6.45) is 3.09. The minimum atomic E-state index is 0.189. The first-order valence-corrected chi connectivity index (χ1v) is 9.34. The van der Waals surface area contributed by atoms with Crippen LogP contribution < -0.4 is 16.4 Å². The lowest BCUT2D eigenvalue weighted by Crippen LogP contribution is -2.12. The van der Waals surface area contributed by atoms with E-state index >= 15 is 0 Å². The van der Waals surface area contributed by atoms with Crippen LogP contribution in [0.25, 0.3) is 17.4 Å². The molecule has 3 heterocycles. The van der Waals surface area contributed by atoms with E-state index in [1.165, 1.54) is 10.1 Å². The third-order valence-corrected chi connectivity index (χ3v) is 4.29. The second-order valence-corrected chi connectivity index (χ2v) is 6.41. The predicted molar refractivity (Wildman–Crippen MR) is 110 cm³/mol. The van der Waals surface area contributed by atoms with Gasteiger partial charge in [-0.25, -0.2) is 0 Å². The number of nitrogen functional groups attached to an aromatic ring is 1. The van der Waals surface area contributed by atoms with Gasteiger partial charge in [-0.05, 0) is 42.7 Å². The standard InChI is InChI=1S/C19H22N8O2/c20-17-24-18(25-19-23-16(26-27(17)19)15-3-1-12-29-15)22-10-8-13-4-6-14(7-5-13)21-9-2-11-28/h1,3-7,12,21,28H,2,8-11H2,(H3,20,22,23,24,25,26). The van der Waals surface area contributed by atoms with Crippen LogP contribution in [0.15, 0.2) is 47.1 Å². The third kappa shape index (κ3) is 4.43. The first-order chi connectivity index (χ1) is 14.2. The van der Waals surface area contributed by atoms with E-state index in [1.807, 2.05) is 12.1 Å². The highest BCUT2D eigenvalue weighted by atomic mass is 16.3. The molecule has 0 radical (unpaired) electrons. The molecule has 0 spiro atoms. The van der Waals surface area contributed by atoms with Gasteiger partial charge in [-0.2, -0.15) is 19.5 Å². The second kappa shape index (κ2) is 8.57. The lowest BCUT2D eigenvalue weighted by molar-refractivity contribution is 0.292. The van der Waals surface area contributed by atoms with Crippen molar-refractivity contribution in [1.29, 1.82) is 0 Å². The number of aliphatic hydroxyl groups is 1. The van der Waals surface area contributed by atoms with Gasteiger partial charge in [0.25, 0.3) is 5.78 Å². The number of nitrogens with two attached hydrogens (primary N) is 1. The zero-order valence-electron chi connectivity index (χ0n) is 15.7. The first-order valence-electron chi connectivity index (χ1n) is 9.34. The molecule has 3 aromatic heterocycles. The number of fused-ring (bicyclic) bond motifs is 1. The Bertz CT molecular complexity index is 1060. The molecule has 29 heavy (non-hydrogen) atoms. The number of rotatable bonds is 9. The molecule has 0 saturated carbocycles. The van der Waals surface area contributed by atoms with Crippen molar-refractivity contribution in [2.45, 2.75) is 12.8 Å². The van der Waals surface area contributed by atoms with Gasteiger partial charge in [0, 0.05) is 25.4 Å². The summed E-state index contributed by atoms with van der Waals surface area (Å²) in [6, 6.07) is 11.7. The van der Waals surface area contributed by atoms with Gasteiger partial charge in [0.1, 0.15) is 0 Å². The molecular formula is C19H22N8O2. The summed E-state index contributed by atoms with van der Waals surface area (Å²) in [6.45, 7) is 1.59. The fraction of sp³-hybridized carbons (Fsp3) is 0.263. The lowest BCUT2D eigenvalue weighted by Gasteiger charge is -2.08. The molecule has 0 saturated heterocycles. The number of aromatic nitrogens is 5. The number of benzene rings is 1. The Morgan fingerprint density at radius 1 is 1.03 bits per heavy atom. The number of furan rings is 1. The fourth-order valence-electron chi connectivity index (χ4n) is 2.81. The normalized spacial score (nSPS) is 11.1. The highest BCUT2D eigenvalue weighted by Gasteiger charge is 2.13. The topological polar surface area (TPSA) is 139 Å². The fourth-order valence-corrected chi connectivity index (χ4v) is 2.81. The van der Waals surface area contributed by atoms with Crippen LogP contribution in [0.2, 0.25) is 0 Å². The van der Waals surface area contributed by atoms with Crippen molar-refractivity contribution < 1.29 is 9.52 Å². The Kier molecular flexibility index (Phi) is 5.52. The largest absolute Gasteiger partial charge is 0.461 e. The van der Waals surface area contributed by atoms with E-state index < -0.39 is 0 Å². The SMILES string of the molecule is Nc1nc(NCCc2ccc(NCCCO)cc2)nc2nc(-c3ccco3)nn12. The zero-order chi connectivity index (χ0) is 20.1. The van der Waals surface area contributed by atoms with Crippen LogP contribution in [-0.2, 0) is 6.42 Å². The van der Waals surface area contributed by atoms with Crippen LogP contribution in [0.3, 0.4) is 0 Å². The van der Waals surface area contributed by atoms with Crippen LogP contribution in [0.5, 0.6) is 0 Å². The molecule has 0 aliphatic carbocycles. The molecule has 5 N–H and O–H groups in total. The number of aliphatic hydroxyl groups excluding tert-OH is 1. The second-order valence-electron chi connectivity index (χ2n) is 6.41. The van der Waals surface area contributed by atoms with Crippen molar-refractivity contribution in [1.82, 2.24) is 24.6 Å². The number of nitrogens with zero attached hydrogens (tertiary/aromatic N) is 5. The summed E-state index contributed by atoms with van der Waals surface area (Å²) in [5.41, 5.74) is 8.21. The number of anilines is 3. The quantitative estimate of drug-likeness (QED) is 0.313. The van der Waals surface area contributed by atoms with Gasteiger partial charge >= 0.3 is 0 Å². The van der Waals surface area contributed by atoms with Crippen LogP contribution in [0.4, 0.5) is 17.6 Å². The molecule has 4 rings (SSSR count). The Labute approximate surface area is 166 Å². The zero-order valence-corrected chi connectivity index (χ0v) is 15.7. The summed E-state index contributed by atoms with van der Waals surface area (Å²) in [7, 11) is 0. The van der Waals surface area contributed by atoms with Gasteiger partial charge in [0.2, 0.25) is 17.7 Å². The molecule has 0 aliphatic rings. The van der Waals surface area contributed by atoms with Crippen LogP contribution in [0.1, 0.15) is 12.0 Å². The molecule has 0 atom stereocenters. The summed E-state index contributed by atoms with van der Waals surface area (Å²) >= 11 is 0. The van der Waals surface area contributed by atoms with E-state index in [-0.39, 0.29) is 12.6 Å². The monoisotopic (exact) mass is 394 g/mol. The molecule has 0 fully saturated rings. The Hall–Kier alpha value is -3.66. The maximum Gasteiger partial charge on any atom is 0.259 e. The average Bonchev–Trinajstić information content (AvgIpc) is 3.39. The van der Waals surface area contributed by atoms with Gasteiger partial charge in [0.15, 0.2) is 5.76 Å².